The first-order valence-electron chi connectivity index (χ1n) is 25.3. The number of carbonyl (C=O) groups is 3. The minimum Gasteiger partial charge on any atom is -0.462 e. The largest absolute Gasteiger partial charge is 0.462 e. The molecule has 0 N–H and O–H groups in total. The summed E-state index contributed by atoms with van der Waals surface area (Å²) in [6, 6.07) is 0. The number of rotatable bonds is 45. The van der Waals surface area contributed by atoms with Crippen molar-refractivity contribution in [1.82, 2.24) is 0 Å². The second-order valence-electron chi connectivity index (χ2n) is 16.7. The highest BCUT2D eigenvalue weighted by Gasteiger charge is 2.19. The fraction of sp³-hybridized carbons (Fsp3) is 0.759. The molecule has 0 amide bonds. The predicted molar refractivity (Wildman–Crippen MR) is 256 cm³/mol. The van der Waals surface area contributed by atoms with Crippen LogP contribution in [-0.4, -0.2) is 37.2 Å². The van der Waals surface area contributed by atoms with Gasteiger partial charge in [0.25, 0.3) is 0 Å². The molecule has 6 heteroatoms. The fourth-order valence-electron chi connectivity index (χ4n) is 7.02. The third-order valence-corrected chi connectivity index (χ3v) is 10.8. The molecule has 0 bridgehead atoms. The number of allylic oxidation sites excluding steroid dienone is 10. The Morgan fingerprint density at radius 2 is 0.650 bits per heavy atom. The molecular weight excluding hydrogens is 745 g/mol. The lowest BCUT2D eigenvalue weighted by molar-refractivity contribution is -0.167. The van der Waals surface area contributed by atoms with E-state index in [1.807, 2.05) is 0 Å². The monoisotopic (exact) mass is 839 g/mol. The maximum absolute atomic E-state index is 12.7. The summed E-state index contributed by atoms with van der Waals surface area (Å²) in [6.07, 6.45) is 59.4. The van der Waals surface area contributed by atoms with Gasteiger partial charge in [0.1, 0.15) is 13.2 Å². The lowest BCUT2D eigenvalue weighted by Crippen LogP contribution is -2.30. The molecule has 0 aromatic heterocycles. The third-order valence-electron chi connectivity index (χ3n) is 10.8. The van der Waals surface area contributed by atoms with E-state index in [9.17, 15) is 14.4 Å². The van der Waals surface area contributed by atoms with Gasteiger partial charge in [0.15, 0.2) is 6.10 Å². The Balaban J connectivity index is 4.31. The van der Waals surface area contributed by atoms with Gasteiger partial charge < -0.3 is 14.2 Å². The van der Waals surface area contributed by atoms with E-state index in [2.05, 4.69) is 81.5 Å². The van der Waals surface area contributed by atoms with Gasteiger partial charge in [-0.1, -0.05) is 210 Å². The van der Waals surface area contributed by atoms with E-state index in [0.717, 1.165) is 103 Å². The third kappa shape index (κ3) is 46.2. The van der Waals surface area contributed by atoms with Crippen molar-refractivity contribution >= 4 is 17.9 Å². The van der Waals surface area contributed by atoms with Gasteiger partial charge in [0.2, 0.25) is 0 Å². The van der Waals surface area contributed by atoms with Gasteiger partial charge in [-0.3, -0.25) is 14.4 Å². The fourth-order valence-corrected chi connectivity index (χ4v) is 7.02. The summed E-state index contributed by atoms with van der Waals surface area (Å²) >= 11 is 0. The lowest BCUT2D eigenvalue weighted by Gasteiger charge is -2.18. The van der Waals surface area contributed by atoms with Crippen LogP contribution in [0.5, 0.6) is 0 Å². The van der Waals surface area contributed by atoms with E-state index >= 15 is 0 Å². The molecule has 0 fully saturated rings. The van der Waals surface area contributed by atoms with Gasteiger partial charge in [0.05, 0.1) is 0 Å². The summed E-state index contributed by atoms with van der Waals surface area (Å²) in [6.45, 7) is 6.36. The Morgan fingerprint density at radius 3 is 1.05 bits per heavy atom. The van der Waals surface area contributed by atoms with E-state index in [1.54, 1.807) is 0 Å². The van der Waals surface area contributed by atoms with E-state index in [0.29, 0.717) is 19.3 Å². The van der Waals surface area contributed by atoms with Crippen molar-refractivity contribution in [2.75, 3.05) is 13.2 Å². The molecular formula is C54H94O6. The summed E-state index contributed by atoms with van der Waals surface area (Å²) in [5, 5.41) is 0. The summed E-state index contributed by atoms with van der Waals surface area (Å²) in [4.78, 5) is 37.8. The van der Waals surface area contributed by atoms with Crippen LogP contribution < -0.4 is 0 Å². The summed E-state index contributed by atoms with van der Waals surface area (Å²) in [5.74, 6) is -0.950. The van der Waals surface area contributed by atoms with Gasteiger partial charge in [0, 0.05) is 19.3 Å². The van der Waals surface area contributed by atoms with Gasteiger partial charge in [-0.25, -0.2) is 0 Å². The standard InChI is InChI=1S/C54H94O6/c1-4-7-10-13-16-19-21-23-25-26-27-28-29-31-32-35-38-41-44-47-53(56)59-50-51(49-58-52(55)46-43-40-37-34-18-15-12-9-6-3)60-54(57)48-45-42-39-36-33-30-24-22-20-17-14-11-8-5-2/h8-9,11-12,17-18,20,24,30,34,51H,4-7,10,13-16,19,21-23,25-29,31-33,35-50H2,1-3H3/b11-8-,12-9-,20-17-,30-24-,34-18-. The molecule has 0 aromatic carbocycles. The molecule has 0 aromatic rings. The van der Waals surface area contributed by atoms with Crippen LogP contribution in [0.25, 0.3) is 0 Å². The van der Waals surface area contributed by atoms with Gasteiger partial charge in [-0.2, -0.15) is 0 Å². The molecule has 0 aliphatic heterocycles. The Bertz CT molecular complexity index is 1100. The minimum absolute atomic E-state index is 0.0920. The van der Waals surface area contributed by atoms with Gasteiger partial charge >= 0.3 is 17.9 Å². The van der Waals surface area contributed by atoms with E-state index in [-0.39, 0.29) is 31.1 Å². The highest BCUT2D eigenvalue weighted by atomic mass is 16.6. The molecule has 0 radical (unpaired) electrons. The molecule has 0 aliphatic carbocycles. The zero-order valence-electron chi connectivity index (χ0n) is 39.5. The van der Waals surface area contributed by atoms with Crippen LogP contribution in [0.3, 0.4) is 0 Å². The zero-order valence-corrected chi connectivity index (χ0v) is 39.5. The van der Waals surface area contributed by atoms with Crippen LogP contribution in [0.15, 0.2) is 60.8 Å². The Morgan fingerprint density at radius 1 is 0.350 bits per heavy atom. The minimum atomic E-state index is -0.795. The van der Waals surface area contributed by atoms with Crippen molar-refractivity contribution in [2.45, 2.75) is 252 Å². The number of hydrogen-bond donors (Lipinski definition) is 0. The summed E-state index contributed by atoms with van der Waals surface area (Å²) < 4.78 is 16.7. The normalized spacial score (nSPS) is 12.5. The Hall–Kier alpha value is -2.89. The van der Waals surface area contributed by atoms with Crippen LogP contribution in [0, 0.1) is 0 Å². The highest BCUT2D eigenvalue weighted by Crippen LogP contribution is 2.16. The number of esters is 3. The molecule has 0 aliphatic rings. The van der Waals surface area contributed by atoms with E-state index in [1.165, 1.54) is 103 Å². The van der Waals surface area contributed by atoms with E-state index in [4.69, 9.17) is 14.2 Å². The number of unbranched alkanes of at least 4 members (excludes halogenated alkanes) is 24. The van der Waals surface area contributed by atoms with E-state index < -0.39 is 6.10 Å². The van der Waals surface area contributed by atoms with Crippen LogP contribution in [-0.2, 0) is 28.6 Å². The molecule has 6 nitrogen and oxygen atoms in total. The van der Waals surface area contributed by atoms with Crippen molar-refractivity contribution in [3.8, 4) is 0 Å². The van der Waals surface area contributed by atoms with Gasteiger partial charge in [-0.15, -0.1) is 0 Å². The van der Waals surface area contributed by atoms with Crippen LogP contribution in [0.2, 0.25) is 0 Å². The number of ether oxygens (including phenoxy) is 3. The van der Waals surface area contributed by atoms with Crippen LogP contribution in [0.4, 0.5) is 0 Å². The Labute approximate surface area is 370 Å². The second kappa shape index (κ2) is 48.8. The number of carbonyl (C=O) groups excluding carboxylic acids is 3. The lowest BCUT2D eigenvalue weighted by atomic mass is 10.0. The summed E-state index contributed by atoms with van der Waals surface area (Å²) in [5.41, 5.74) is 0. The molecule has 1 atom stereocenters. The molecule has 60 heavy (non-hydrogen) atoms. The van der Waals surface area contributed by atoms with Crippen molar-refractivity contribution in [3.63, 3.8) is 0 Å². The quantitative estimate of drug-likeness (QED) is 0.0263. The first kappa shape index (κ1) is 57.1. The van der Waals surface area contributed by atoms with Gasteiger partial charge in [-0.05, 0) is 77.0 Å². The first-order valence-corrected chi connectivity index (χ1v) is 25.3. The molecule has 0 heterocycles. The smallest absolute Gasteiger partial charge is 0.306 e. The Kier molecular flexibility index (Phi) is 46.4. The maximum atomic E-state index is 12.7. The highest BCUT2D eigenvalue weighted by molar-refractivity contribution is 5.71. The molecule has 346 valence electrons. The van der Waals surface area contributed by atoms with Crippen molar-refractivity contribution in [2.24, 2.45) is 0 Å². The first-order chi connectivity index (χ1) is 29.5. The molecule has 0 spiro atoms. The number of hydrogen-bond acceptors (Lipinski definition) is 6. The van der Waals surface area contributed by atoms with Crippen molar-refractivity contribution in [3.05, 3.63) is 60.8 Å². The molecule has 0 saturated carbocycles. The maximum Gasteiger partial charge on any atom is 0.306 e. The van der Waals surface area contributed by atoms with Crippen molar-refractivity contribution < 1.29 is 28.6 Å². The predicted octanol–water partition coefficient (Wildman–Crippen LogP) is 16.5. The molecule has 1 unspecified atom stereocenters. The van der Waals surface area contributed by atoms with Crippen molar-refractivity contribution in [1.29, 1.82) is 0 Å². The molecule has 0 rings (SSSR count). The molecule has 0 saturated heterocycles. The average Bonchev–Trinajstić information content (AvgIpc) is 3.24. The SMILES string of the molecule is CC/C=C\C/C=C\C/C=C\CCCCCCC(=O)OC(COC(=O)CCCC/C=C\C/C=C\CC)COC(=O)CCCCCCCCCCCCCCCCCCCCC. The second-order valence-corrected chi connectivity index (χ2v) is 16.7. The average molecular weight is 839 g/mol. The topological polar surface area (TPSA) is 78.9 Å². The van der Waals surface area contributed by atoms with Crippen LogP contribution >= 0.6 is 0 Å². The van der Waals surface area contributed by atoms with Crippen LogP contribution in [0.1, 0.15) is 245 Å². The zero-order chi connectivity index (χ0) is 43.7. The summed E-state index contributed by atoms with van der Waals surface area (Å²) in [7, 11) is 0.